The molecule has 0 radical (unpaired) electrons. The summed E-state index contributed by atoms with van der Waals surface area (Å²) in [5, 5.41) is 14.4. The highest BCUT2D eigenvalue weighted by Gasteiger charge is 2.25. The molecular formula is C14H20N2O4S. The van der Waals surface area contributed by atoms with Crippen LogP contribution in [0.1, 0.15) is 32.6 Å². The lowest BCUT2D eigenvalue weighted by Gasteiger charge is -2.30. The monoisotopic (exact) mass is 312 g/mol. The van der Waals surface area contributed by atoms with Crippen LogP contribution in [0.2, 0.25) is 0 Å². The van der Waals surface area contributed by atoms with Crippen LogP contribution >= 0.6 is 0 Å². The minimum atomic E-state index is -3.45. The van der Waals surface area contributed by atoms with Crippen LogP contribution < -0.4 is 5.32 Å². The van der Waals surface area contributed by atoms with Crippen LogP contribution in [0.3, 0.4) is 0 Å². The predicted molar refractivity (Wildman–Crippen MR) is 81.2 cm³/mol. The molecule has 0 amide bonds. The molecule has 7 heteroatoms. The van der Waals surface area contributed by atoms with Gasteiger partial charge >= 0.3 is 0 Å². The molecule has 1 aromatic rings. The Morgan fingerprint density at radius 3 is 2.52 bits per heavy atom. The predicted octanol–water partition coefficient (Wildman–Crippen LogP) is 2.99. The lowest BCUT2D eigenvalue weighted by atomic mass is 9.86. The first kappa shape index (κ1) is 15.8. The van der Waals surface area contributed by atoms with Crippen molar-refractivity contribution in [3.05, 3.63) is 28.3 Å². The lowest BCUT2D eigenvalue weighted by molar-refractivity contribution is -0.384. The van der Waals surface area contributed by atoms with Gasteiger partial charge in [-0.15, -0.1) is 0 Å². The summed E-state index contributed by atoms with van der Waals surface area (Å²) in [6.07, 6.45) is 5.42. The van der Waals surface area contributed by atoms with Crippen molar-refractivity contribution in [1.82, 2.24) is 0 Å². The summed E-state index contributed by atoms with van der Waals surface area (Å²) < 4.78 is 23.0. The number of nitro groups is 1. The zero-order valence-corrected chi connectivity index (χ0v) is 13.0. The third-order valence-corrected chi connectivity index (χ3v) is 5.16. The third kappa shape index (κ3) is 3.72. The molecule has 0 heterocycles. The van der Waals surface area contributed by atoms with Crippen molar-refractivity contribution in [3.63, 3.8) is 0 Å². The van der Waals surface area contributed by atoms with Crippen LogP contribution in [-0.2, 0) is 9.84 Å². The van der Waals surface area contributed by atoms with Crippen LogP contribution in [0.5, 0.6) is 0 Å². The molecule has 0 aliphatic heterocycles. The molecule has 1 N–H and O–H groups in total. The van der Waals surface area contributed by atoms with Gasteiger partial charge in [0, 0.05) is 18.4 Å². The molecule has 116 valence electrons. The highest BCUT2D eigenvalue weighted by Crippen LogP contribution is 2.32. The Bertz CT molecular complexity index is 642. The van der Waals surface area contributed by atoms with Crippen molar-refractivity contribution < 1.29 is 13.3 Å². The summed E-state index contributed by atoms with van der Waals surface area (Å²) in [4.78, 5) is 10.6. The molecule has 21 heavy (non-hydrogen) atoms. The molecule has 0 aromatic heterocycles. The minimum absolute atomic E-state index is 0.0311. The standard InChI is InChI=1S/C14H20N2O4S/c1-10-5-3-4-6-12(10)15-13-8-7-11(21(2,19)20)9-14(13)16(17)18/h7-10,12,15H,3-6H2,1-2H3/t10-,12+/m0/s1. The molecule has 1 aliphatic rings. The van der Waals surface area contributed by atoms with Crippen LogP contribution in [0, 0.1) is 16.0 Å². The first-order valence-corrected chi connectivity index (χ1v) is 8.93. The Hall–Kier alpha value is -1.63. The van der Waals surface area contributed by atoms with Gasteiger partial charge in [-0.3, -0.25) is 10.1 Å². The van der Waals surface area contributed by atoms with E-state index < -0.39 is 14.8 Å². The van der Waals surface area contributed by atoms with Gasteiger partial charge in [0.1, 0.15) is 5.69 Å². The Morgan fingerprint density at radius 1 is 1.29 bits per heavy atom. The second-order valence-corrected chi connectivity index (χ2v) is 7.74. The largest absolute Gasteiger partial charge is 0.376 e. The fourth-order valence-corrected chi connectivity index (χ4v) is 3.39. The van der Waals surface area contributed by atoms with Crippen molar-refractivity contribution >= 4 is 21.2 Å². The molecule has 6 nitrogen and oxygen atoms in total. The van der Waals surface area contributed by atoms with E-state index in [1.54, 1.807) is 0 Å². The van der Waals surface area contributed by atoms with E-state index in [9.17, 15) is 18.5 Å². The van der Waals surface area contributed by atoms with E-state index in [0.717, 1.165) is 31.6 Å². The number of nitrogens with zero attached hydrogens (tertiary/aromatic N) is 1. The molecule has 0 spiro atoms. The molecule has 1 fully saturated rings. The van der Waals surface area contributed by atoms with E-state index in [2.05, 4.69) is 12.2 Å². The smallest absolute Gasteiger partial charge is 0.293 e. The molecule has 0 bridgehead atoms. The number of anilines is 1. The maximum Gasteiger partial charge on any atom is 0.293 e. The topological polar surface area (TPSA) is 89.3 Å². The van der Waals surface area contributed by atoms with Gasteiger partial charge in [0.05, 0.1) is 9.82 Å². The number of rotatable bonds is 4. The van der Waals surface area contributed by atoms with Crippen LogP contribution in [0.15, 0.2) is 23.1 Å². The fourth-order valence-electron chi connectivity index (χ4n) is 2.75. The molecule has 1 aromatic carbocycles. The quantitative estimate of drug-likeness (QED) is 0.682. The molecule has 1 saturated carbocycles. The summed E-state index contributed by atoms with van der Waals surface area (Å²) in [6, 6.07) is 4.24. The van der Waals surface area contributed by atoms with E-state index in [4.69, 9.17) is 0 Å². The van der Waals surface area contributed by atoms with Crippen molar-refractivity contribution in [2.45, 2.75) is 43.5 Å². The van der Waals surface area contributed by atoms with Gasteiger partial charge in [-0.05, 0) is 30.9 Å². The highest BCUT2D eigenvalue weighted by atomic mass is 32.2. The van der Waals surface area contributed by atoms with Gasteiger partial charge in [0.25, 0.3) is 5.69 Å². The van der Waals surface area contributed by atoms with E-state index >= 15 is 0 Å². The normalized spacial score (nSPS) is 22.8. The molecule has 1 aliphatic carbocycles. The van der Waals surface area contributed by atoms with Gasteiger partial charge in [-0.25, -0.2) is 8.42 Å². The number of hydrogen-bond donors (Lipinski definition) is 1. The molecule has 0 saturated heterocycles. The van der Waals surface area contributed by atoms with Crippen LogP contribution in [-0.4, -0.2) is 25.6 Å². The van der Waals surface area contributed by atoms with Crippen molar-refractivity contribution in [1.29, 1.82) is 0 Å². The van der Waals surface area contributed by atoms with Gasteiger partial charge in [0.2, 0.25) is 0 Å². The van der Waals surface area contributed by atoms with E-state index in [-0.39, 0.29) is 16.6 Å². The fraction of sp³-hybridized carbons (Fsp3) is 0.571. The number of nitrogens with one attached hydrogen (secondary N) is 1. The number of hydrogen-bond acceptors (Lipinski definition) is 5. The van der Waals surface area contributed by atoms with Gasteiger partial charge < -0.3 is 5.32 Å². The number of sulfone groups is 1. The maximum atomic E-state index is 11.5. The first-order chi connectivity index (χ1) is 9.79. The first-order valence-electron chi connectivity index (χ1n) is 7.04. The summed E-state index contributed by atoms with van der Waals surface area (Å²) in [5.41, 5.74) is 0.210. The Kier molecular flexibility index (Phi) is 4.51. The van der Waals surface area contributed by atoms with Gasteiger partial charge in [-0.1, -0.05) is 19.8 Å². The van der Waals surface area contributed by atoms with Gasteiger partial charge in [0.15, 0.2) is 9.84 Å². The van der Waals surface area contributed by atoms with Crippen LogP contribution in [0.4, 0.5) is 11.4 Å². The SMILES string of the molecule is C[C@H]1CCCC[C@H]1Nc1ccc(S(C)(=O)=O)cc1[N+](=O)[O-]. The van der Waals surface area contributed by atoms with Crippen molar-refractivity contribution in [2.24, 2.45) is 5.92 Å². The molecular weight excluding hydrogens is 292 g/mol. The average Bonchev–Trinajstić information content (AvgIpc) is 2.40. The lowest BCUT2D eigenvalue weighted by Crippen LogP contribution is -2.30. The minimum Gasteiger partial charge on any atom is -0.376 e. The van der Waals surface area contributed by atoms with Crippen LogP contribution in [0.25, 0.3) is 0 Å². The second kappa shape index (κ2) is 6.01. The van der Waals surface area contributed by atoms with Gasteiger partial charge in [-0.2, -0.15) is 0 Å². The summed E-state index contributed by atoms with van der Waals surface area (Å²) >= 11 is 0. The molecule has 0 unspecified atom stereocenters. The Labute approximate surface area is 124 Å². The molecule has 2 rings (SSSR count). The zero-order valence-electron chi connectivity index (χ0n) is 12.2. The number of nitro benzene ring substituents is 1. The van der Waals surface area contributed by atoms with E-state index in [1.807, 2.05) is 0 Å². The third-order valence-electron chi connectivity index (χ3n) is 4.05. The van der Waals surface area contributed by atoms with Crippen molar-refractivity contribution in [2.75, 3.05) is 11.6 Å². The van der Waals surface area contributed by atoms with E-state index in [0.29, 0.717) is 11.6 Å². The molecule has 2 atom stereocenters. The summed E-state index contributed by atoms with van der Waals surface area (Å²) in [6.45, 7) is 2.13. The van der Waals surface area contributed by atoms with E-state index in [1.165, 1.54) is 18.6 Å². The summed E-state index contributed by atoms with van der Waals surface area (Å²) in [7, 11) is -3.45. The summed E-state index contributed by atoms with van der Waals surface area (Å²) in [5.74, 6) is 0.452. The average molecular weight is 312 g/mol. The second-order valence-electron chi connectivity index (χ2n) is 5.72. The zero-order chi connectivity index (χ0) is 15.6. The number of benzene rings is 1. The highest BCUT2D eigenvalue weighted by molar-refractivity contribution is 7.90. The van der Waals surface area contributed by atoms with Crippen molar-refractivity contribution in [3.8, 4) is 0 Å². The Balaban J connectivity index is 2.32. The maximum absolute atomic E-state index is 11.5. The Morgan fingerprint density at radius 2 is 1.95 bits per heavy atom.